The van der Waals surface area contributed by atoms with Crippen LogP contribution in [0.3, 0.4) is 0 Å². The molecule has 7 heteroatoms. The predicted molar refractivity (Wildman–Crippen MR) is 117 cm³/mol. The van der Waals surface area contributed by atoms with Crippen LogP contribution in [0, 0.1) is 0 Å². The van der Waals surface area contributed by atoms with Crippen molar-refractivity contribution in [2.45, 2.75) is 5.92 Å². The van der Waals surface area contributed by atoms with Crippen LogP contribution in [0.4, 0.5) is 0 Å². The summed E-state index contributed by atoms with van der Waals surface area (Å²) in [5.74, 6) is 3.38. The predicted octanol–water partition coefficient (Wildman–Crippen LogP) is 4.31. The smallest absolute Gasteiger partial charge is 0.164 e. The minimum atomic E-state index is -0.271. The van der Waals surface area contributed by atoms with Gasteiger partial charge in [-0.1, -0.05) is 0 Å². The first-order valence-electron chi connectivity index (χ1n) is 9.61. The molecule has 164 valence electrons. The number of hydrogen-bond donors (Lipinski definition) is 0. The van der Waals surface area contributed by atoms with Crippen LogP contribution in [0.25, 0.3) is 0 Å². The topological polar surface area (TPSA) is 68.3 Å². The second-order valence-corrected chi connectivity index (χ2v) is 6.61. The van der Waals surface area contributed by atoms with E-state index in [1.165, 1.54) is 0 Å². The Morgan fingerprint density at radius 2 is 0.871 bits per heavy atom. The van der Waals surface area contributed by atoms with Crippen LogP contribution in [0.2, 0.25) is 0 Å². The fourth-order valence-electron chi connectivity index (χ4n) is 3.64. The van der Waals surface area contributed by atoms with Gasteiger partial charge in [0.2, 0.25) is 0 Å². The zero-order chi connectivity index (χ0) is 22.4. The fraction of sp³-hybridized carbons (Fsp3) is 0.292. The Kier molecular flexibility index (Phi) is 7.07. The average molecular weight is 425 g/mol. The third-order valence-corrected chi connectivity index (χ3v) is 5.13. The first kappa shape index (κ1) is 22.1. The lowest BCUT2D eigenvalue weighted by Gasteiger charge is -2.25. The van der Waals surface area contributed by atoms with E-state index >= 15 is 0 Å². The first-order valence-corrected chi connectivity index (χ1v) is 9.61. The summed E-state index contributed by atoms with van der Waals surface area (Å²) in [7, 11) is 9.64. The quantitative estimate of drug-likeness (QED) is 0.506. The number of ether oxygens (including phenoxy) is 6. The molecule has 0 spiro atoms. The standard InChI is InChI=1S/C24H27NO6/c1-26-18-13-22(30-5)20(28-3)11-16(18)24(15-7-9-25-10-8-15)17-12-21(29-4)23(31-6)14-19(17)27-2/h7-14,24H,1-6H3. The third kappa shape index (κ3) is 4.30. The minimum Gasteiger partial charge on any atom is -0.496 e. The van der Waals surface area contributed by atoms with E-state index in [9.17, 15) is 0 Å². The van der Waals surface area contributed by atoms with Crippen LogP contribution in [0.15, 0.2) is 48.8 Å². The van der Waals surface area contributed by atoms with Crippen LogP contribution in [-0.4, -0.2) is 47.6 Å². The largest absolute Gasteiger partial charge is 0.496 e. The summed E-state index contributed by atoms with van der Waals surface area (Å²) in [5.41, 5.74) is 2.74. The number of hydrogen-bond acceptors (Lipinski definition) is 7. The summed E-state index contributed by atoms with van der Waals surface area (Å²) < 4.78 is 33.5. The molecule has 3 rings (SSSR count). The van der Waals surface area contributed by atoms with Gasteiger partial charge in [-0.05, 0) is 29.8 Å². The molecule has 0 aliphatic carbocycles. The van der Waals surface area contributed by atoms with E-state index in [4.69, 9.17) is 28.4 Å². The van der Waals surface area contributed by atoms with E-state index in [1.54, 1.807) is 55.1 Å². The molecule has 0 N–H and O–H groups in total. The van der Waals surface area contributed by atoms with Crippen molar-refractivity contribution in [3.05, 3.63) is 65.5 Å². The van der Waals surface area contributed by atoms with Crippen molar-refractivity contribution >= 4 is 0 Å². The summed E-state index contributed by atoms with van der Waals surface area (Å²) in [5, 5.41) is 0. The molecule has 0 atom stereocenters. The number of nitrogens with zero attached hydrogens (tertiary/aromatic N) is 1. The fourth-order valence-corrected chi connectivity index (χ4v) is 3.64. The molecule has 0 bridgehead atoms. The molecule has 0 unspecified atom stereocenters. The summed E-state index contributed by atoms with van der Waals surface area (Å²) in [6.07, 6.45) is 3.51. The molecular formula is C24H27NO6. The van der Waals surface area contributed by atoms with Crippen LogP contribution < -0.4 is 28.4 Å². The van der Waals surface area contributed by atoms with Crippen molar-refractivity contribution in [1.29, 1.82) is 0 Å². The monoisotopic (exact) mass is 425 g/mol. The molecule has 0 amide bonds. The van der Waals surface area contributed by atoms with Gasteiger partial charge in [-0.15, -0.1) is 0 Å². The Bertz CT molecular complexity index is 959. The van der Waals surface area contributed by atoms with Gasteiger partial charge >= 0.3 is 0 Å². The maximum atomic E-state index is 5.74. The normalized spacial score (nSPS) is 10.5. The van der Waals surface area contributed by atoms with Gasteiger partial charge in [0.1, 0.15) is 11.5 Å². The number of rotatable bonds is 9. The summed E-state index contributed by atoms with van der Waals surface area (Å²) in [4.78, 5) is 4.17. The van der Waals surface area contributed by atoms with E-state index in [1.807, 2.05) is 36.4 Å². The van der Waals surface area contributed by atoms with Gasteiger partial charge in [-0.2, -0.15) is 0 Å². The van der Waals surface area contributed by atoms with E-state index in [0.717, 1.165) is 16.7 Å². The van der Waals surface area contributed by atoms with Gasteiger partial charge in [0.25, 0.3) is 0 Å². The van der Waals surface area contributed by atoms with E-state index in [0.29, 0.717) is 34.5 Å². The van der Waals surface area contributed by atoms with Gasteiger partial charge in [0.05, 0.1) is 42.7 Å². The molecule has 0 fully saturated rings. The lowest BCUT2D eigenvalue weighted by Crippen LogP contribution is -2.09. The minimum absolute atomic E-state index is 0.271. The summed E-state index contributed by atoms with van der Waals surface area (Å²) >= 11 is 0. The van der Waals surface area contributed by atoms with Gasteiger partial charge in [-0.3, -0.25) is 4.98 Å². The van der Waals surface area contributed by atoms with Crippen LogP contribution in [-0.2, 0) is 0 Å². The maximum absolute atomic E-state index is 5.74. The second-order valence-electron chi connectivity index (χ2n) is 6.61. The van der Waals surface area contributed by atoms with Crippen molar-refractivity contribution in [3.63, 3.8) is 0 Å². The second kappa shape index (κ2) is 9.93. The van der Waals surface area contributed by atoms with Crippen LogP contribution >= 0.6 is 0 Å². The third-order valence-electron chi connectivity index (χ3n) is 5.13. The Hall–Kier alpha value is -3.61. The Morgan fingerprint density at radius 3 is 1.23 bits per heavy atom. The molecular weight excluding hydrogens is 398 g/mol. The highest BCUT2D eigenvalue weighted by atomic mass is 16.5. The van der Waals surface area contributed by atoms with Crippen molar-refractivity contribution in [2.75, 3.05) is 42.7 Å². The first-order chi connectivity index (χ1) is 15.1. The van der Waals surface area contributed by atoms with Crippen LogP contribution in [0.1, 0.15) is 22.6 Å². The molecule has 0 saturated heterocycles. The van der Waals surface area contributed by atoms with Gasteiger partial charge in [0.15, 0.2) is 23.0 Å². The van der Waals surface area contributed by atoms with E-state index < -0.39 is 0 Å². The molecule has 3 aromatic rings. The molecule has 31 heavy (non-hydrogen) atoms. The average Bonchev–Trinajstić information content (AvgIpc) is 2.83. The highest BCUT2D eigenvalue weighted by Crippen LogP contribution is 2.47. The molecule has 0 radical (unpaired) electrons. The maximum Gasteiger partial charge on any atom is 0.164 e. The molecule has 1 heterocycles. The highest BCUT2D eigenvalue weighted by Gasteiger charge is 2.27. The van der Waals surface area contributed by atoms with E-state index in [-0.39, 0.29) is 5.92 Å². The molecule has 2 aromatic carbocycles. The SMILES string of the molecule is COc1cc(OC)c(C(c2ccncc2)c2cc(OC)c(OC)cc2OC)cc1OC. The lowest BCUT2D eigenvalue weighted by molar-refractivity contribution is 0.345. The molecule has 1 aromatic heterocycles. The lowest BCUT2D eigenvalue weighted by atomic mass is 9.84. The van der Waals surface area contributed by atoms with Crippen molar-refractivity contribution in [2.24, 2.45) is 0 Å². The van der Waals surface area contributed by atoms with Crippen LogP contribution in [0.5, 0.6) is 34.5 Å². The molecule has 0 aliphatic rings. The molecule has 0 aliphatic heterocycles. The highest BCUT2D eigenvalue weighted by molar-refractivity contribution is 5.61. The van der Waals surface area contributed by atoms with Crippen molar-refractivity contribution in [1.82, 2.24) is 4.98 Å². The van der Waals surface area contributed by atoms with Crippen molar-refractivity contribution < 1.29 is 28.4 Å². The summed E-state index contributed by atoms with van der Waals surface area (Å²) in [6, 6.07) is 11.4. The van der Waals surface area contributed by atoms with Gasteiger partial charge in [-0.25, -0.2) is 0 Å². The zero-order valence-electron chi connectivity index (χ0n) is 18.6. The zero-order valence-corrected chi connectivity index (χ0v) is 18.6. The van der Waals surface area contributed by atoms with Crippen molar-refractivity contribution in [3.8, 4) is 34.5 Å². The number of aromatic nitrogens is 1. The van der Waals surface area contributed by atoms with Gasteiger partial charge in [0, 0.05) is 41.6 Å². The Balaban J connectivity index is 2.35. The number of methoxy groups -OCH3 is 6. The molecule has 0 saturated carbocycles. The summed E-state index contributed by atoms with van der Waals surface area (Å²) in [6.45, 7) is 0. The Morgan fingerprint density at radius 1 is 0.516 bits per heavy atom. The Labute approximate surface area is 182 Å². The number of pyridine rings is 1. The van der Waals surface area contributed by atoms with Gasteiger partial charge < -0.3 is 28.4 Å². The number of benzene rings is 2. The van der Waals surface area contributed by atoms with E-state index in [2.05, 4.69) is 4.98 Å². The molecule has 7 nitrogen and oxygen atoms in total.